The van der Waals surface area contributed by atoms with E-state index in [9.17, 15) is 18.5 Å². The largest absolute Gasteiger partial charge is 0.369 e. The van der Waals surface area contributed by atoms with Crippen LogP contribution >= 0.6 is 0 Å². The quantitative estimate of drug-likeness (QED) is 0.119. The minimum atomic E-state index is -0.859. The standard InChI is InChI=1S/C33H37F2N9O3/c34-25-1-6-29(30(35)20-25)32(45)43-14-8-23(9-15-43)19-28(10-18-47-41-46)44-22-24(21-38-44)31-7-11-37-33(40-31)39-26-2-4-27(5-3-26)42-16-12-36-13-17-42/h1-7,11,20-23,28,36H,8-10,12-19H2,(H,37,39,40). The average molecular weight is 646 g/mol. The number of likely N-dealkylation sites (tertiary alicyclic amines) is 1. The highest BCUT2D eigenvalue weighted by Crippen LogP contribution is 2.31. The van der Waals surface area contributed by atoms with E-state index in [2.05, 4.69) is 43.1 Å². The molecule has 2 aromatic heterocycles. The van der Waals surface area contributed by atoms with Gasteiger partial charge in [-0.25, -0.2) is 18.7 Å². The number of piperazine rings is 1. The van der Waals surface area contributed by atoms with E-state index >= 15 is 0 Å². The van der Waals surface area contributed by atoms with Crippen LogP contribution < -0.4 is 15.5 Å². The molecule has 12 nitrogen and oxygen atoms in total. The third-order valence-corrected chi connectivity index (χ3v) is 8.80. The van der Waals surface area contributed by atoms with E-state index in [-0.39, 0.29) is 24.1 Å². The molecule has 4 heterocycles. The van der Waals surface area contributed by atoms with Gasteiger partial charge in [-0.2, -0.15) is 5.10 Å². The Kier molecular flexibility index (Phi) is 10.3. The summed E-state index contributed by atoms with van der Waals surface area (Å²) in [5.41, 5.74) is 3.46. The topological polar surface area (TPSA) is 130 Å². The molecule has 0 saturated carbocycles. The number of rotatable bonds is 12. The Hall–Kier alpha value is -4.98. The van der Waals surface area contributed by atoms with Crippen LogP contribution in [0.15, 0.2) is 72.5 Å². The van der Waals surface area contributed by atoms with Crippen molar-refractivity contribution in [3.05, 3.63) is 89.2 Å². The number of carbonyl (C=O) groups excluding carboxylic acids is 1. The van der Waals surface area contributed by atoms with Crippen LogP contribution in [0.5, 0.6) is 0 Å². The molecule has 2 fully saturated rings. The Labute approximate surface area is 271 Å². The summed E-state index contributed by atoms with van der Waals surface area (Å²) in [6.07, 6.45) is 8.03. The van der Waals surface area contributed by atoms with Gasteiger partial charge in [-0.3, -0.25) is 9.48 Å². The monoisotopic (exact) mass is 645 g/mol. The van der Waals surface area contributed by atoms with Gasteiger partial charge in [0.05, 0.1) is 23.5 Å². The zero-order chi connectivity index (χ0) is 32.6. The maximum Gasteiger partial charge on any atom is 0.256 e. The molecule has 4 aromatic rings. The van der Waals surface area contributed by atoms with E-state index in [1.165, 1.54) is 11.8 Å². The van der Waals surface area contributed by atoms with E-state index in [0.29, 0.717) is 44.0 Å². The number of halogens is 2. The summed E-state index contributed by atoms with van der Waals surface area (Å²) < 4.78 is 29.4. The molecule has 2 aliphatic rings. The number of amides is 1. The first-order valence-corrected chi connectivity index (χ1v) is 15.9. The highest BCUT2D eigenvalue weighted by atomic mass is 19.1. The molecule has 0 aliphatic carbocycles. The molecule has 0 radical (unpaired) electrons. The zero-order valence-electron chi connectivity index (χ0n) is 25.9. The summed E-state index contributed by atoms with van der Waals surface area (Å²) in [5, 5.41) is 13.8. The second-order valence-corrected chi connectivity index (χ2v) is 11.8. The van der Waals surface area contributed by atoms with Crippen LogP contribution in [0.4, 0.5) is 26.1 Å². The molecule has 14 heteroatoms. The van der Waals surface area contributed by atoms with E-state index < -0.39 is 17.5 Å². The summed E-state index contributed by atoms with van der Waals surface area (Å²) in [4.78, 5) is 41.3. The van der Waals surface area contributed by atoms with Crippen LogP contribution in [0.3, 0.4) is 0 Å². The lowest BCUT2D eigenvalue weighted by molar-refractivity contribution is 0.0665. The van der Waals surface area contributed by atoms with Crippen molar-refractivity contribution >= 4 is 23.2 Å². The van der Waals surface area contributed by atoms with Gasteiger partial charge in [0.25, 0.3) is 5.91 Å². The molecule has 2 aromatic carbocycles. The predicted octanol–water partition coefficient (Wildman–Crippen LogP) is 5.34. The number of carbonyl (C=O) groups is 1. The van der Waals surface area contributed by atoms with Crippen molar-refractivity contribution < 1.29 is 18.4 Å². The molecular formula is C33H37F2N9O3. The van der Waals surface area contributed by atoms with Gasteiger partial charge in [-0.1, -0.05) is 0 Å². The maximum absolute atomic E-state index is 14.2. The molecular weight excluding hydrogens is 608 g/mol. The lowest BCUT2D eigenvalue weighted by atomic mass is 9.89. The third kappa shape index (κ3) is 8.06. The first-order chi connectivity index (χ1) is 23.0. The van der Waals surface area contributed by atoms with Crippen molar-refractivity contribution in [2.75, 3.05) is 56.1 Å². The molecule has 2 aliphatic heterocycles. The van der Waals surface area contributed by atoms with Gasteiger partial charge in [0.2, 0.25) is 5.95 Å². The molecule has 0 spiro atoms. The molecule has 1 atom stereocenters. The van der Waals surface area contributed by atoms with Gasteiger partial charge in [-0.05, 0) is 67.6 Å². The minimum Gasteiger partial charge on any atom is -0.369 e. The number of piperidine rings is 1. The van der Waals surface area contributed by atoms with Gasteiger partial charge >= 0.3 is 0 Å². The second kappa shape index (κ2) is 15.1. The Morgan fingerprint density at radius 2 is 1.85 bits per heavy atom. The molecule has 246 valence electrons. The molecule has 2 saturated heterocycles. The fourth-order valence-electron chi connectivity index (χ4n) is 6.23. The van der Waals surface area contributed by atoms with Crippen molar-refractivity contribution in [3.8, 4) is 11.3 Å². The number of hydrogen-bond acceptors (Lipinski definition) is 10. The summed E-state index contributed by atoms with van der Waals surface area (Å²) >= 11 is 0. The molecule has 6 rings (SSSR count). The number of hydrogen-bond donors (Lipinski definition) is 2. The third-order valence-electron chi connectivity index (χ3n) is 8.80. The number of anilines is 3. The molecule has 0 bridgehead atoms. The highest BCUT2D eigenvalue weighted by molar-refractivity contribution is 5.94. The Morgan fingerprint density at radius 1 is 1.06 bits per heavy atom. The van der Waals surface area contributed by atoms with E-state index in [0.717, 1.165) is 56.0 Å². The smallest absolute Gasteiger partial charge is 0.256 e. The molecule has 47 heavy (non-hydrogen) atoms. The molecule has 1 amide bonds. The number of aromatic nitrogens is 4. The predicted molar refractivity (Wildman–Crippen MR) is 173 cm³/mol. The van der Waals surface area contributed by atoms with Crippen LogP contribution in [-0.2, 0) is 4.84 Å². The molecule has 2 N–H and O–H groups in total. The van der Waals surface area contributed by atoms with Gasteiger partial charge < -0.3 is 25.3 Å². The van der Waals surface area contributed by atoms with Crippen molar-refractivity contribution in [2.45, 2.75) is 31.7 Å². The maximum atomic E-state index is 14.2. The van der Waals surface area contributed by atoms with E-state index in [1.807, 2.05) is 29.1 Å². The summed E-state index contributed by atoms with van der Waals surface area (Å²) in [6.45, 7) is 4.97. The minimum absolute atomic E-state index is 0.0964. The Balaban J connectivity index is 1.08. The lowest BCUT2D eigenvalue weighted by Gasteiger charge is -2.33. The van der Waals surface area contributed by atoms with E-state index in [1.54, 1.807) is 17.3 Å². The first-order valence-electron chi connectivity index (χ1n) is 15.9. The zero-order valence-corrected chi connectivity index (χ0v) is 25.9. The first kappa shape index (κ1) is 32.0. The number of nitrogens with one attached hydrogen (secondary N) is 2. The average Bonchev–Trinajstić information content (AvgIpc) is 3.59. The van der Waals surface area contributed by atoms with Crippen LogP contribution in [0.25, 0.3) is 11.3 Å². The fraction of sp³-hybridized carbons (Fsp3) is 0.394. The molecule has 1 unspecified atom stereocenters. The normalized spacial score (nSPS) is 16.1. The number of benzene rings is 2. The van der Waals surface area contributed by atoms with Crippen LogP contribution in [0, 0.1) is 22.5 Å². The lowest BCUT2D eigenvalue weighted by Crippen LogP contribution is -2.43. The SMILES string of the molecule is O=NOCCC(CC1CCN(C(=O)c2ccc(F)cc2F)CC1)n1cc(-c2ccnc(Nc3ccc(N4CCNCC4)cc3)n2)cn1. The van der Waals surface area contributed by atoms with Crippen LogP contribution in [-0.4, -0.2) is 76.4 Å². The Morgan fingerprint density at radius 3 is 2.60 bits per heavy atom. The van der Waals surface area contributed by atoms with E-state index in [4.69, 9.17) is 9.82 Å². The fourth-order valence-corrected chi connectivity index (χ4v) is 6.23. The number of nitrogens with zero attached hydrogens (tertiary/aromatic N) is 7. The summed E-state index contributed by atoms with van der Waals surface area (Å²) in [5.74, 6) is -1.29. The van der Waals surface area contributed by atoms with Crippen molar-refractivity contribution in [1.29, 1.82) is 0 Å². The van der Waals surface area contributed by atoms with Crippen LogP contribution in [0.1, 0.15) is 42.1 Å². The van der Waals surface area contributed by atoms with Gasteiger partial charge in [-0.15, -0.1) is 4.91 Å². The van der Waals surface area contributed by atoms with Crippen LogP contribution in [0.2, 0.25) is 0 Å². The van der Waals surface area contributed by atoms with Crippen molar-refractivity contribution in [2.24, 2.45) is 11.3 Å². The van der Waals surface area contributed by atoms with Crippen molar-refractivity contribution in [1.82, 2.24) is 30.0 Å². The van der Waals surface area contributed by atoms with Crippen molar-refractivity contribution in [3.63, 3.8) is 0 Å². The van der Waals surface area contributed by atoms with Gasteiger partial charge in [0.15, 0.2) is 5.34 Å². The Bertz CT molecular complexity index is 1660. The van der Waals surface area contributed by atoms with Gasteiger partial charge in [0.1, 0.15) is 18.2 Å². The summed E-state index contributed by atoms with van der Waals surface area (Å²) in [7, 11) is 0. The van der Waals surface area contributed by atoms with Gasteiger partial charge in [0, 0.05) is 81.1 Å². The highest BCUT2D eigenvalue weighted by Gasteiger charge is 2.28. The summed E-state index contributed by atoms with van der Waals surface area (Å²) in [6, 6.07) is 13.0. The second-order valence-electron chi connectivity index (χ2n) is 11.8.